The van der Waals surface area contributed by atoms with Crippen molar-refractivity contribution in [2.75, 3.05) is 11.1 Å². The van der Waals surface area contributed by atoms with E-state index in [0.29, 0.717) is 5.75 Å². The van der Waals surface area contributed by atoms with E-state index in [-0.39, 0.29) is 5.91 Å². The third-order valence-electron chi connectivity index (χ3n) is 4.07. The number of nitrogens with one attached hydrogen (secondary N) is 1. The number of hydrogen-bond donors (Lipinski definition) is 1. The van der Waals surface area contributed by atoms with Gasteiger partial charge in [0.05, 0.1) is 11.5 Å². The maximum atomic E-state index is 12.2. The topological polar surface area (TPSA) is 59.8 Å². The second-order valence-electron chi connectivity index (χ2n) is 6.21. The first kappa shape index (κ1) is 19.5. The Hall–Kier alpha value is -2.25. The van der Waals surface area contributed by atoms with Gasteiger partial charge in [-0.25, -0.2) is 0 Å². The van der Waals surface area contributed by atoms with Crippen LogP contribution >= 0.6 is 23.5 Å². The lowest BCUT2D eigenvalue weighted by Gasteiger charge is -2.08. The Kier molecular flexibility index (Phi) is 6.58. The Balaban J connectivity index is 1.53. The van der Waals surface area contributed by atoms with Crippen molar-refractivity contribution in [1.29, 1.82) is 0 Å². The maximum absolute atomic E-state index is 12.2. The minimum Gasteiger partial charge on any atom is -0.325 e. The van der Waals surface area contributed by atoms with Crippen LogP contribution in [0.4, 0.5) is 5.69 Å². The van der Waals surface area contributed by atoms with Gasteiger partial charge in [0.25, 0.3) is 0 Å². The highest BCUT2D eigenvalue weighted by molar-refractivity contribution is 7.99. The normalized spacial score (nSPS) is 10.8. The molecule has 1 heterocycles. The van der Waals surface area contributed by atoms with E-state index >= 15 is 0 Å². The van der Waals surface area contributed by atoms with Crippen LogP contribution in [0, 0.1) is 13.8 Å². The largest absolute Gasteiger partial charge is 0.325 e. The lowest BCUT2D eigenvalue weighted by molar-refractivity contribution is -0.113. The van der Waals surface area contributed by atoms with Crippen molar-refractivity contribution >= 4 is 35.1 Å². The van der Waals surface area contributed by atoms with Crippen LogP contribution in [0.25, 0.3) is 0 Å². The van der Waals surface area contributed by atoms with Gasteiger partial charge in [0.2, 0.25) is 5.91 Å². The fourth-order valence-electron chi connectivity index (χ4n) is 2.41. The predicted octanol–water partition coefficient (Wildman–Crippen LogP) is 4.46. The summed E-state index contributed by atoms with van der Waals surface area (Å²) in [6.07, 6.45) is 0. The summed E-state index contributed by atoms with van der Waals surface area (Å²) in [6, 6.07) is 16.2. The third-order valence-corrected chi connectivity index (χ3v) is 6.09. The van der Waals surface area contributed by atoms with Gasteiger partial charge in [-0.3, -0.25) is 4.79 Å². The van der Waals surface area contributed by atoms with Gasteiger partial charge in [0, 0.05) is 17.6 Å². The molecular weight excluding hydrogens is 376 g/mol. The first-order valence-corrected chi connectivity index (χ1v) is 10.6. The molecule has 0 radical (unpaired) electrons. The fourth-order valence-corrected chi connectivity index (χ4v) is 4.01. The number of anilines is 1. The second kappa shape index (κ2) is 9.10. The van der Waals surface area contributed by atoms with E-state index < -0.39 is 0 Å². The van der Waals surface area contributed by atoms with Gasteiger partial charge in [-0.1, -0.05) is 47.7 Å². The fraction of sp³-hybridized carbons (Fsp3) is 0.250. The quantitative estimate of drug-likeness (QED) is 0.596. The van der Waals surface area contributed by atoms with Crippen molar-refractivity contribution in [3.63, 3.8) is 0 Å². The molecule has 0 aliphatic carbocycles. The summed E-state index contributed by atoms with van der Waals surface area (Å²) in [7, 11) is 1.94. The van der Waals surface area contributed by atoms with Crippen molar-refractivity contribution in [2.45, 2.75) is 29.7 Å². The molecule has 1 N–H and O–H groups in total. The van der Waals surface area contributed by atoms with Crippen molar-refractivity contribution < 1.29 is 4.79 Å². The molecule has 0 spiro atoms. The summed E-state index contributed by atoms with van der Waals surface area (Å²) in [5.74, 6) is 1.88. The molecule has 0 saturated heterocycles. The Bertz CT molecular complexity index is 922. The van der Waals surface area contributed by atoms with Crippen LogP contribution < -0.4 is 5.32 Å². The number of benzene rings is 2. The van der Waals surface area contributed by atoms with Crippen LogP contribution in [0.5, 0.6) is 0 Å². The molecule has 140 valence electrons. The van der Waals surface area contributed by atoms with Crippen LogP contribution in [0.15, 0.2) is 58.6 Å². The zero-order chi connectivity index (χ0) is 19.2. The van der Waals surface area contributed by atoms with E-state index in [2.05, 4.69) is 46.7 Å². The van der Waals surface area contributed by atoms with E-state index in [0.717, 1.165) is 28.0 Å². The highest BCUT2D eigenvalue weighted by atomic mass is 32.2. The zero-order valence-corrected chi connectivity index (χ0v) is 17.2. The SMILES string of the molecule is Cc1ccc(SCc2nnc(SCC(=O)Nc3ccccc3C)n2C)cc1. The number of nitrogens with zero attached hydrogens (tertiary/aromatic N) is 3. The lowest BCUT2D eigenvalue weighted by Crippen LogP contribution is -2.15. The van der Waals surface area contributed by atoms with Crippen molar-refractivity contribution in [1.82, 2.24) is 14.8 Å². The monoisotopic (exact) mass is 398 g/mol. The molecule has 2 aromatic carbocycles. The Morgan fingerprint density at radius 1 is 1.04 bits per heavy atom. The lowest BCUT2D eigenvalue weighted by atomic mass is 10.2. The van der Waals surface area contributed by atoms with Gasteiger partial charge in [0.15, 0.2) is 5.16 Å². The molecule has 0 fully saturated rings. The minimum atomic E-state index is -0.0483. The molecule has 0 saturated carbocycles. The molecule has 5 nitrogen and oxygen atoms in total. The summed E-state index contributed by atoms with van der Waals surface area (Å²) >= 11 is 3.12. The number of carbonyl (C=O) groups excluding carboxylic acids is 1. The number of thioether (sulfide) groups is 2. The van der Waals surface area contributed by atoms with Gasteiger partial charge in [0.1, 0.15) is 5.82 Å². The van der Waals surface area contributed by atoms with E-state index in [4.69, 9.17) is 0 Å². The van der Waals surface area contributed by atoms with E-state index in [1.807, 2.05) is 42.8 Å². The molecule has 3 rings (SSSR count). The van der Waals surface area contributed by atoms with Gasteiger partial charge in [-0.2, -0.15) is 0 Å². The molecular formula is C20H22N4OS2. The van der Waals surface area contributed by atoms with Crippen LogP contribution in [-0.2, 0) is 17.6 Å². The van der Waals surface area contributed by atoms with E-state index in [9.17, 15) is 4.79 Å². The number of rotatable bonds is 7. The van der Waals surface area contributed by atoms with Gasteiger partial charge >= 0.3 is 0 Å². The van der Waals surface area contributed by atoms with E-state index in [1.165, 1.54) is 22.2 Å². The summed E-state index contributed by atoms with van der Waals surface area (Å²) < 4.78 is 1.95. The average Bonchev–Trinajstić information content (AvgIpc) is 3.01. The molecule has 3 aromatic rings. The molecule has 27 heavy (non-hydrogen) atoms. The Labute approximate surface area is 168 Å². The van der Waals surface area contributed by atoms with Crippen LogP contribution in [0.1, 0.15) is 17.0 Å². The number of aryl methyl sites for hydroxylation is 2. The van der Waals surface area contributed by atoms with Gasteiger partial charge in [-0.15, -0.1) is 22.0 Å². The molecule has 1 aromatic heterocycles. The third kappa shape index (κ3) is 5.37. The summed E-state index contributed by atoms with van der Waals surface area (Å²) in [4.78, 5) is 13.4. The van der Waals surface area contributed by atoms with Crippen LogP contribution in [-0.4, -0.2) is 26.4 Å². The standard InChI is InChI=1S/C20H22N4OS2/c1-14-8-10-16(11-9-14)26-12-18-22-23-20(24(18)3)27-13-19(25)21-17-7-5-4-6-15(17)2/h4-11H,12-13H2,1-3H3,(H,21,25). The highest BCUT2D eigenvalue weighted by Gasteiger charge is 2.12. The zero-order valence-electron chi connectivity index (χ0n) is 15.6. The number of hydrogen-bond acceptors (Lipinski definition) is 5. The van der Waals surface area contributed by atoms with Crippen molar-refractivity contribution in [3.8, 4) is 0 Å². The Morgan fingerprint density at radius 3 is 2.52 bits per heavy atom. The highest BCUT2D eigenvalue weighted by Crippen LogP contribution is 2.24. The smallest absolute Gasteiger partial charge is 0.234 e. The first-order valence-electron chi connectivity index (χ1n) is 8.59. The van der Waals surface area contributed by atoms with Crippen molar-refractivity contribution in [2.24, 2.45) is 7.05 Å². The van der Waals surface area contributed by atoms with Crippen LogP contribution in [0.2, 0.25) is 0 Å². The molecule has 7 heteroatoms. The second-order valence-corrected chi connectivity index (χ2v) is 8.20. The minimum absolute atomic E-state index is 0.0483. The molecule has 0 atom stereocenters. The number of amides is 1. The maximum Gasteiger partial charge on any atom is 0.234 e. The van der Waals surface area contributed by atoms with E-state index in [1.54, 1.807) is 11.8 Å². The van der Waals surface area contributed by atoms with Crippen LogP contribution in [0.3, 0.4) is 0 Å². The van der Waals surface area contributed by atoms with Crippen molar-refractivity contribution in [3.05, 3.63) is 65.5 Å². The molecule has 0 unspecified atom stereocenters. The molecule has 0 aliphatic heterocycles. The number of carbonyl (C=O) groups is 1. The van der Waals surface area contributed by atoms with Gasteiger partial charge < -0.3 is 9.88 Å². The predicted molar refractivity (Wildman–Crippen MR) is 112 cm³/mol. The van der Waals surface area contributed by atoms with Gasteiger partial charge in [-0.05, 0) is 37.6 Å². The Morgan fingerprint density at radius 2 is 1.78 bits per heavy atom. The summed E-state index contributed by atoms with van der Waals surface area (Å²) in [6.45, 7) is 4.05. The number of para-hydroxylation sites is 1. The molecule has 0 bridgehead atoms. The number of aromatic nitrogens is 3. The average molecular weight is 399 g/mol. The summed E-state index contributed by atoms with van der Waals surface area (Å²) in [5, 5.41) is 12.2. The summed E-state index contributed by atoms with van der Waals surface area (Å²) in [5.41, 5.74) is 3.14. The molecule has 1 amide bonds. The first-order chi connectivity index (χ1) is 13.0. The molecule has 0 aliphatic rings.